The van der Waals surface area contributed by atoms with Gasteiger partial charge in [0.25, 0.3) is 0 Å². The summed E-state index contributed by atoms with van der Waals surface area (Å²) in [6, 6.07) is 10.4. The Morgan fingerprint density at radius 3 is 2.54 bits per heavy atom. The zero-order chi connectivity index (χ0) is 18.5. The van der Waals surface area contributed by atoms with Crippen molar-refractivity contribution in [3.8, 4) is 11.5 Å². The Balaban J connectivity index is 1.46. The summed E-state index contributed by atoms with van der Waals surface area (Å²) in [6.07, 6.45) is 0.0834. The second-order valence-corrected chi connectivity index (χ2v) is 6.00. The van der Waals surface area contributed by atoms with Crippen molar-refractivity contribution < 1.29 is 23.5 Å². The Morgan fingerprint density at radius 2 is 1.77 bits per heavy atom. The van der Waals surface area contributed by atoms with Crippen LogP contribution in [0.25, 0.3) is 0 Å². The van der Waals surface area contributed by atoms with Gasteiger partial charge in [0.05, 0.1) is 6.42 Å². The normalized spacial score (nSPS) is 13.2. The molecule has 0 fully saturated rings. The van der Waals surface area contributed by atoms with Crippen molar-refractivity contribution in [1.29, 1.82) is 0 Å². The quantitative estimate of drug-likeness (QED) is 0.827. The summed E-state index contributed by atoms with van der Waals surface area (Å²) in [5, 5.41) is 5.40. The lowest BCUT2D eigenvalue weighted by Gasteiger charge is -2.14. The SMILES string of the molecule is C[C@@H](NC(=O)Cc1ccc(F)cc1)C(=O)NCc1ccc2c(c1)OCO2. The maximum Gasteiger partial charge on any atom is 0.242 e. The van der Waals surface area contributed by atoms with E-state index in [9.17, 15) is 14.0 Å². The second-order valence-electron chi connectivity index (χ2n) is 6.00. The lowest BCUT2D eigenvalue weighted by atomic mass is 10.1. The Hall–Kier alpha value is -3.09. The molecule has 1 heterocycles. The van der Waals surface area contributed by atoms with Gasteiger partial charge in [0.2, 0.25) is 18.6 Å². The number of ether oxygens (including phenoxy) is 2. The minimum Gasteiger partial charge on any atom is -0.454 e. The molecule has 0 aromatic heterocycles. The molecule has 2 N–H and O–H groups in total. The van der Waals surface area contributed by atoms with E-state index in [0.717, 1.165) is 5.56 Å². The minimum atomic E-state index is -0.683. The molecular weight excluding hydrogens is 339 g/mol. The molecule has 0 radical (unpaired) electrons. The summed E-state index contributed by atoms with van der Waals surface area (Å²) >= 11 is 0. The van der Waals surface area contributed by atoms with Gasteiger partial charge >= 0.3 is 0 Å². The first kappa shape index (κ1) is 17.7. The third-order valence-electron chi connectivity index (χ3n) is 3.95. The number of hydrogen-bond donors (Lipinski definition) is 2. The van der Waals surface area contributed by atoms with Crippen LogP contribution < -0.4 is 20.1 Å². The maximum atomic E-state index is 12.9. The lowest BCUT2D eigenvalue weighted by Crippen LogP contribution is -2.45. The van der Waals surface area contributed by atoms with Crippen LogP contribution in [0.4, 0.5) is 4.39 Å². The van der Waals surface area contributed by atoms with Crippen molar-refractivity contribution in [3.05, 3.63) is 59.4 Å². The van der Waals surface area contributed by atoms with Crippen molar-refractivity contribution >= 4 is 11.8 Å². The molecule has 0 unspecified atom stereocenters. The summed E-state index contributed by atoms with van der Waals surface area (Å²) in [7, 11) is 0. The third kappa shape index (κ3) is 4.50. The van der Waals surface area contributed by atoms with Crippen LogP contribution in [0.2, 0.25) is 0 Å². The van der Waals surface area contributed by atoms with Crippen LogP contribution in [0, 0.1) is 5.82 Å². The molecule has 0 aliphatic carbocycles. The van der Waals surface area contributed by atoms with E-state index in [0.29, 0.717) is 23.6 Å². The highest BCUT2D eigenvalue weighted by atomic mass is 19.1. The van der Waals surface area contributed by atoms with Crippen LogP contribution in [0.1, 0.15) is 18.1 Å². The minimum absolute atomic E-state index is 0.0834. The fourth-order valence-corrected chi connectivity index (χ4v) is 2.54. The largest absolute Gasteiger partial charge is 0.454 e. The van der Waals surface area contributed by atoms with E-state index < -0.39 is 6.04 Å². The van der Waals surface area contributed by atoms with E-state index in [1.165, 1.54) is 12.1 Å². The Bertz CT molecular complexity index is 808. The first-order valence-corrected chi connectivity index (χ1v) is 8.21. The molecule has 0 bridgehead atoms. The van der Waals surface area contributed by atoms with Gasteiger partial charge in [0, 0.05) is 6.54 Å². The number of hydrogen-bond acceptors (Lipinski definition) is 4. The first-order chi connectivity index (χ1) is 12.5. The molecule has 3 rings (SSSR count). The van der Waals surface area contributed by atoms with Gasteiger partial charge < -0.3 is 20.1 Å². The summed E-state index contributed by atoms with van der Waals surface area (Å²) in [6.45, 7) is 2.12. The molecule has 1 aliphatic heterocycles. The van der Waals surface area contributed by atoms with Crippen molar-refractivity contribution in [1.82, 2.24) is 10.6 Å². The molecule has 1 atom stereocenters. The van der Waals surface area contributed by atoms with Gasteiger partial charge in [-0.15, -0.1) is 0 Å². The summed E-state index contributed by atoms with van der Waals surface area (Å²) in [5.41, 5.74) is 1.55. The molecule has 2 amide bonds. The Morgan fingerprint density at radius 1 is 1.08 bits per heavy atom. The number of amides is 2. The second kappa shape index (κ2) is 7.86. The molecule has 6 nitrogen and oxygen atoms in total. The zero-order valence-electron chi connectivity index (χ0n) is 14.3. The molecule has 0 saturated carbocycles. The van der Waals surface area contributed by atoms with Crippen LogP contribution in [0.3, 0.4) is 0 Å². The average Bonchev–Trinajstić information content (AvgIpc) is 3.09. The molecule has 136 valence electrons. The van der Waals surface area contributed by atoms with E-state index >= 15 is 0 Å². The van der Waals surface area contributed by atoms with Crippen molar-refractivity contribution in [2.24, 2.45) is 0 Å². The molecule has 7 heteroatoms. The van der Waals surface area contributed by atoms with E-state index in [-0.39, 0.29) is 30.8 Å². The standard InChI is InChI=1S/C19H19FN2O4/c1-12(22-18(23)9-13-2-5-15(20)6-3-13)19(24)21-10-14-4-7-16-17(8-14)26-11-25-16/h2-8,12H,9-11H2,1H3,(H,21,24)(H,22,23)/t12-/m1/s1. The number of carbonyl (C=O) groups is 2. The third-order valence-corrected chi connectivity index (χ3v) is 3.95. The predicted molar refractivity (Wildman–Crippen MR) is 92.1 cm³/mol. The molecule has 0 saturated heterocycles. The van der Waals surface area contributed by atoms with Gasteiger partial charge in [-0.1, -0.05) is 18.2 Å². The van der Waals surface area contributed by atoms with E-state index in [2.05, 4.69) is 10.6 Å². The summed E-state index contributed by atoms with van der Waals surface area (Å²) < 4.78 is 23.4. The molecule has 2 aromatic rings. The molecule has 0 spiro atoms. The van der Waals surface area contributed by atoms with E-state index in [1.807, 2.05) is 6.07 Å². The molecule has 2 aromatic carbocycles. The number of nitrogens with one attached hydrogen (secondary N) is 2. The number of halogens is 1. The molecule has 26 heavy (non-hydrogen) atoms. The topological polar surface area (TPSA) is 76.7 Å². The number of fused-ring (bicyclic) bond motifs is 1. The number of carbonyl (C=O) groups excluding carboxylic acids is 2. The Labute approximate surface area is 150 Å². The number of benzene rings is 2. The summed E-state index contributed by atoms with van der Waals surface area (Å²) in [4.78, 5) is 24.2. The predicted octanol–water partition coefficient (Wildman–Crippen LogP) is 1.92. The van der Waals surface area contributed by atoms with Gasteiger partial charge in [-0.2, -0.15) is 0 Å². The van der Waals surface area contributed by atoms with Crippen LogP contribution in [0.15, 0.2) is 42.5 Å². The summed E-state index contributed by atoms with van der Waals surface area (Å²) in [5.74, 6) is 0.377. The molecular formula is C19H19FN2O4. The lowest BCUT2D eigenvalue weighted by molar-refractivity contribution is -0.128. The van der Waals surface area contributed by atoms with Gasteiger partial charge in [-0.25, -0.2) is 4.39 Å². The average molecular weight is 358 g/mol. The monoisotopic (exact) mass is 358 g/mol. The highest BCUT2D eigenvalue weighted by Gasteiger charge is 2.17. The first-order valence-electron chi connectivity index (χ1n) is 8.21. The van der Waals surface area contributed by atoms with Gasteiger partial charge in [0.1, 0.15) is 11.9 Å². The van der Waals surface area contributed by atoms with Crippen molar-refractivity contribution in [2.45, 2.75) is 25.9 Å². The van der Waals surface area contributed by atoms with E-state index in [1.54, 1.807) is 31.2 Å². The Kier molecular flexibility index (Phi) is 5.36. The highest BCUT2D eigenvalue weighted by Crippen LogP contribution is 2.32. The fraction of sp³-hybridized carbons (Fsp3) is 0.263. The van der Waals surface area contributed by atoms with Crippen molar-refractivity contribution in [2.75, 3.05) is 6.79 Å². The highest BCUT2D eigenvalue weighted by molar-refractivity contribution is 5.88. The van der Waals surface area contributed by atoms with Crippen LogP contribution in [-0.4, -0.2) is 24.6 Å². The maximum absolute atomic E-state index is 12.9. The van der Waals surface area contributed by atoms with Crippen LogP contribution in [-0.2, 0) is 22.6 Å². The van der Waals surface area contributed by atoms with E-state index in [4.69, 9.17) is 9.47 Å². The van der Waals surface area contributed by atoms with Crippen LogP contribution in [0.5, 0.6) is 11.5 Å². The van der Waals surface area contributed by atoms with Gasteiger partial charge in [-0.3, -0.25) is 9.59 Å². The van der Waals surface area contributed by atoms with Gasteiger partial charge in [0.15, 0.2) is 11.5 Å². The van der Waals surface area contributed by atoms with Crippen molar-refractivity contribution in [3.63, 3.8) is 0 Å². The van der Waals surface area contributed by atoms with Crippen LogP contribution >= 0.6 is 0 Å². The zero-order valence-corrected chi connectivity index (χ0v) is 14.3. The fourth-order valence-electron chi connectivity index (χ4n) is 2.54. The molecule has 1 aliphatic rings. The smallest absolute Gasteiger partial charge is 0.242 e. The van der Waals surface area contributed by atoms with Gasteiger partial charge in [-0.05, 0) is 42.3 Å². The number of rotatable bonds is 6.